The number of nitrogens with one attached hydrogen (secondary N) is 1. The Balaban J connectivity index is 2.15. The van der Waals surface area contributed by atoms with Gasteiger partial charge in [-0.05, 0) is 50.7 Å². The summed E-state index contributed by atoms with van der Waals surface area (Å²) in [6, 6.07) is 4.17. The number of thiophene rings is 1. The first kappa shape index (κ1) is 13.1. The molecule has 1 aromatic heterocycles. The van der Waals surface area contributed by atoms with Gasteiger partial charge in [0.2, 0.25) is 0 Å². The molecule has 0 bridgehead atoms. The molecule has 1 N–H and O–H groups in total. The van der Waals surface area contributed by atoms with E-state index >= 15 is 0 Å². The smallest absolute Gasteiger partial charge is 0.262 e. The average Bonchev–Trinajstić information content (AvgIpc) is 2.82. The Kier molecular flexibility index (Phi) is 3.72. The highest BCUT2D eigenvalue weighted by molar-refractivity contribution is 7.14. The summed E-state index contributed by atoms with van der Waals surface area (Å²) in [5.74, 6) is -0.111. The molecule has 3 nitrogen and oxygen atoms in total. The fourth-order valence-corrected chi connectivity index (χ4v) is 3.26. The second kappa shape index (κ2) is 5.11. The summed E-state index contributed by atoms with van der Waals surface area (Å²) in [6.45, 7) is 3.67. The highest BCUT2D eigenvalue weighted by atomic mass is 32.1. The summed E-state index contributed by atoms with van der Waals surface area (Å²) in [5, 5.41) is 11.9. The number of fused-ring (bicyclic) bond motifs is 1. The molecule has 18 heavy (non-hydrogen) atoms. The van der Waals surface area contributed by atoms with Crippen molar-refractivity contribution < 1.29 is 4.79 Å². The van der Waals surface area contributed by atoms with Gasteiger partial charge < -0.3 is 5.32 Å². The van der Waals surface area contributed by atoms with Crippen molar-refractivity contribution in [3.05, 3.63) is 21.4 Å². The fraction of sp³-hybridized carbons (Fsp3) is 0.571. The molecular formula is C14H18N2OS. The van der Waals surface area contributed by atoms with Gasteiger partial charge in [-0.1, -0.05) is 6.92 Å². The van der Waals surface area contributed by atoms with Crippen LogP contribution in [0, 0.1) is 11.3 Å². The van der Waals surface area contributed by atoms with Crippen molar-refractivity contribution in [2.75, 3.05) is 0 Å². The quantitative estimate of drug-likeness (QED) is 0.910. The van der Waals surface area contributed by atoms with Crippen LogP contribution < -0.4 is 5.32 Å². The number of hydrogen-bond acceptors (Lipinski definition) is 3. The average molecular weight is 262 g/mol. The van der Waals surface area contributed by atoms with Gasteiger partial charge in [0.05, 0.1) is 10.9 Å². The van der Waals surface area contributed by atoms with Gasteiger partial charge in [-0.3, -0.25) is 4.79 Å². The van der Waals surface area contributed by atoms with Crippen molar-refractivity contribution in [1.29, 1.82) is 5.26 Å². The minimum Gasteiger partial charge on any atom is -0.333 e. The molecule has 1 aliphatic rings. The summed E-state index contributed by atoms with van der Waals surface area (Å²) in [6.07, 6.45) is 5.23. The number of nitriles is 1. The van der Waals surface area contributed by atoms with Crippen LogP contribution in [0.4, 0.5) is 0 Å². The second-order valence-corrected chi connectivity index (χ2v) is 6.15. The maximum Gasteiger partial charge on any atom is 0.262 e. The van der Waals surface area contributed by atoms with Crippen LogP contribution in [0.3, 0.4) is 0 Å². The van der Waals surface area contributed by atoms with Crippen LogP contribution in [0.2, 0.25) is 0 Å². The molecular weight excluding hydrogens is 244 g/mol. The van der Waals surface area contributed by atoms with E-state index in [1.165, 1.54) is 23.3 Å². The van der Waals surface area contributed by atoms with Crippen LogP contribution in [0.25, 0.3) is 0 Å². The Labute approximate surface area is 112 Å². The van der Waals surface area contributed by atoms with Crippen molar-refractivity contribution in [2.45, 2.75) is 51.5 Å². The highest BCUT2D eigenvalue weighted by Crippen LogP contribution is 2.29. The van der Waals surface area contributed by atoms with E-state index in [-0.39, 0.29) is 5.91 Å². The second-order valence-electron chi connectivity index (χ2n) is 5.02. The first-order valence-corrected chi connectivity index (χ1v) is 7.25. The zero-order valence-electron chi connectivity index (χ0n) is 10.9. The van der Waals surface area contributed by atoms with E-state index in [9.17, 15) is 4.79 Å². The number of nitrogens with zero attached hydrogens (tertiary/aromatic N) is 1. The number of rotatable bonds is 3. The Bertz CT molecular complexity index is 477. The normalized spacial score (nSPS) is 17.4. The van der Waals surface area contributed by atoms with Crippen molar-refractivity contribution in [3.8, 4) is 6.07 Å². The molecule has 1 unspecified atom stereocenters. The first-order valence-electron chi connectivity index (χ1n) is 6.43. The molecule has 0 fully saturated rings. The van der Waals surface area contributed by atoms with E-state index in [4.69, 9.17) is 5.26 Å². The monoisotopic (exact) mass is 262 g/mol. The molecule has 1 aromatic rings. The van der Waals surface area contributed by atoms with Gasteiger partial charge in [0.1, 0.15) is 5.54 Å². The zero-order valence-corrected chi connectivity index (χ0v) is 11.7. The predicted octanol–water partition coefficient (Wildman–Crippen LogP) is 3.05. The summed E-state index contributed by atoms with van der Waals surface area (Å²) < 4.78 is 0. The molecule has 0 aromatic carbocycles. The lowest BCUT2D eigenvalue weighted by Gasteiger charge is -2.20. The van der Waals surface area contributed by atoms with E-state index in [0.29, 0.717) is 6.42 Å². The van der Waals surface area contributed by atoms with Crippen LogP contribution in [0.5, 0.6) is 0 Å². The van der Waals surface area contributed by atoms with E-state index in [0.717, 1.165) is 17.7 Å². The molecule has 1 atom stereocenters. The van der Waals surface area contributed by atoms with E-state index in [1.807, 2.05) is 13.0 Å². The van der Waals surface area contributed by atoms with Gasteiger partial charge in [-0.25, -0.2) is 0 Å². The minimum atomic E-state index is -0.762. The van der Waals surface area contributed by atoms with Gasteiger partial charge in [0.15, 0.2) is 0 Å². The number of carbonyl (C=O) groups is 1. The molecule has 1 heterocycles. The summed E-state index contributed by atoms with van der Waals surface area (Å²) in [5.41, 5.74) is 0.563. The molecule has 0 saturated heterocycles. The Morgan fingerprint density at radius 1 is 1.56 bits per heavy atom. The topological polar surface area (TPSA) is 52.9 Å². The van der Waals surface area contributed by atoms with E-state index in [2.05, 4.69) is 11.4 Å². The molecule has 1 aliphatic carbocycles. The lowest BCUT2D eigenvalue weighted by molar-refractivity contribution is 0.0927. The van der Waals surface area contributed by atoms with Crippen LogP contribution in [0.1, 0.15) is 53.2 Å². The Morgan fingerprint density at radius 3 is 2.89 bits per heavy atom. The highest BCUT2D eigenvalue weighted by Gasteiger charge is 2.26. The molecule has 4 heteroatoms. The van der Waals surface area contributed by atoms with E-state index in [1.54, 1.807) is 18.3 Å². The van der Waals surface area contributed by atoms with Gasteiger partial charge in [-0.15, -0.1) is 11.3 Å². The van der Waals surface area contributed by atoms with Crippen LogP contribution in [0.15, 0.2) is 6.07 Å². The molecule has 0 aliphatic heterocycles. The fourth-order valence-electron chi connectivity index (χ4n) is 2.11. The third-order valence-electron chi connectivity index (χ3n) is 3.56. The molecule has 0 saturated carbocycles. The van der Waals surface area contributed by atoms with Crippen LogP contribution in [-0.2, 0) is 12.8 Å². The predicted molar refractivity (Wildman–Crippen MR) is 72.7 cm³/mol. The summed E-state index contributed by atoms with van der Waals surface area (Å²) >= 11 is 1.58. The number of aryl methyl sites for hydroxylation is 2. The third-order valence-corrected chi connectivity index (χ3v) is 4.80. The van der Waals surface area contributed by atoms with E-state index < -0.39 is 5.54 Å². The lowest BCUT2D eigenvalue weighted by atomic mass is 9.99. The Hall–Kier alpha value is -1.34. The third kappa shape index (κ3) is 2.56. The molecule has 96 valence electrons. The van der Waals surface area contributed by atoms with Crippen LogP contribution in [-0.4, -0.2) is 11.4 Å². The first-order chi connectivity index (χ1) is 8.58. The van der Waals surface area contributed by atoms with Crippen molar-refractivity contribution in [1.82, 2.24) is 5.32 Å². The lowest BCUT2D eigenvalue weighted by Crippen LogP contribution is -2.44. The minimum absolute atomic E-state index is 0.111. The van der Waals surface area contributed by atoms with Gasteiger partial charge >= 0.3 is 0 Å². The van der Waals surface area contributed by atoms with Crippen LogP contribution >= 0.6 is 11.3 Å². The number of carbonyl (C=O) groups excluding carboxylic acids is 1. The zero-order chi connectivity index (χ0) is 13.2. The molecule has 0 radical (unpaired) electrons. The van der Waals surface area contributed by atoms with Crippen molar-refractivity contribution in [2.24, 2.45) is 0 Å². The molecule has 2 rings (SSSR count). The molecule has 0 spiro atoms. The summed E-state index contributed by atoms with van der Waals surface area (Å²) in [4.78, 5) is 14.2. The summed E-state index contributed by atoms with van der Waals surface area (Å²) in [7, 11) is 0. The number of amides is 1. The molecule has 1 amide bonds. The van der Waals surface area contributed by atoms with Crippen molar-refractivity contribution >= 4 is 17.2 Å². The maximum absolute atomic E-state index is 12.1. The number of hydrogen-bond donors (Lipinski definition) is 1. The Morgan fingerprint density at radius 2 is 2.28 bits per heavy atom. The maximum atomic E-state index is 12.1. The SMILES string of the molecule is CCC(C)(C#N)NC(=O)c1cc2c(s1)CCCC2. The largest absolute Gasteiger partial charge is 0.333 e. The van der Waals surface area contributed by atoms with Gasteiger partial charge in [0.25, 0.3) is 5.91 Å². The standard InChI is InChI=1S/C14H18N2OS/c1-3-14(2,9-15)16-13(17)12-8-10-6-4-5-7-11(10)18-12/h8H,3-7H2,1-2H3,(H,16,17). The van der Waals surface area contributed by atoms with Crippen molar-refractivity contribution in [3.63, 3.8) is 0 Å². The van der Waals surface area contributed by atoms with Gasteiger partial charge in [0, 0.05) is 4.88 Å². The van der Waals surface area contributed by atoms with Gasteiger partial charge in [-0.2, -0.15) is 5.26 Å².